The van der Waals surface area contributed by atoms with Gasteiger partial charge in [0.25, 0.3) is 5.91 Å². The molecular formula is C18H19ClN2O3S. The Kier molecular flexibility index (Phi) is 5.01. The summed E-state index contributed by atoms with van der Waals surface area (Å²) in [5.41, 5.74) is 3.04. The molecule has 1 amide bonds. The second-order valence-electron chi connectivity index (χ2n) is 6.09. The standard InChI is InChI=1S/C18H19ClN2O3S/c1-25(23,24)21-10-2-3-14-11-15(6-9-17(14)21)18(22)20-12-13-4-7-16(19)8-5-13/h4-9,11H,2-3,10,12H2,1H3,(H,20,22). The number of hydrogen-bond donors (Lipinski definition) is 1. The van der Waals surface area contributed by atoms with Gasteiger partial charge in [0.2, 0.25) is 10.0 Å². The first kappa shape index (κ1) is 17.8. The van der Waals surface area contributed by atoms with Gasteiger partial charge in [-0.15, -0.1) is 0 Å². The van der Waals surface area contributed by atoms with E-state index in [9.17, 15) is 13.2 Å². The number of carbonyl (C=O) groups is 1. The maximum Gasteiger partial charge on any atom is 0.251 e. The third-order valence-corrected chi connectivity index (χ3v) is 5.62. The minimum Gasteiger partial charge on any atom is -0.348 e. The molecule has 0 atom stereocenters. The number of hydrogen-bond acceptors (Lipinski definition) is 3. The number of sulfonamides is 1. The van der Waals surface area contributed by atoms with Gasteiger partial charge in [0, 0.05) is 23.7 Å². The molecule has 0 saturated carbocycles. The van der Waals surface area contributed by atoms with E-state index in [0.717, 1.165) is 24.0 Å². The summed E-state index contributed by atoms with van der Waals surface area (Å²) >= 11 is 5.85. The first-order valence-corrected chi connectivity index (χ1v) is 10.2. The van der Waals surface area contributed by atoms with Crippen molar-refractivity contribution in [1.82, 2.24) is 5.32 Å². The van der Waals surface area contributed by atoms with Crippen molar-refractivity contribution in [3.05, 3.63) is 64.2 Å². The van der Waals surface area contributed by atoms with E-state index in [-0.39, 0.29) is 5.91 Å². The molecule has 1 aliphatic rings. The van der Waals surface area contributed by atoms with Crippen molar-refractivity contribution in [1.29, 1.82) is 0 Å². The molecule has 0 saturated heterocycles. The molecule has 2 aromatic carbocycles. The molecule has 1 heterocycles. The summed E-state index contributed by atoms with van der Waals surface area (Å²) in [6, 6.07) is 12.4. The van der Waals surface area contributed by atoms with Crippen LogP contribution in [-0.4, -0.2) is 27.1 Å². The average Bonchev–Trinajstić information content (AvgIpc) is 2.59. The van der Waals surface area contributed by atoms with Gasteiger partial charge >= 0.3 is 0 Å². The quantitative estimate of drug-likeness (QED) is 0.889. The number of amides is 1. The van der Waals surface area contributed by atoms with Crippen LogP contribution in [0.5, 0.6) is 0 Å². The van der Waals surface area contributed by atoms with Crippen LogP contribution in [0, 0.1) is 0 Å². The third-order valence-electron chi connectivity index (χ3n) is 4.18. The highest BCUT2D eigenvalue weighted by Crippen LogP contribution is 2.29. The Morgan fingerprint density at radius 2 is 1.92 bits per heavy atom. The summed E-state index contributed by atoms with van der Waals surface area (Å²) in [5.74, 6) is -0.186. The molecular weight excluding hydrogens is 360 g/mol. The average molecular weight is 379 g/mol. The van der Waals surface area contributed by atoms with E-state index in [2.05, 4.69) is 5.32 Å². The molecule has 1 aliphatic heterocycles. The molecule has 7 heteroatoms. The van der Waals surface area contributed by atoms with Crippen LogP contribution in [-0.2, 0) is 23.0 Å². The molecule has 0 radical (unpaired) electrons. The Morgan fingerprint density at radius 1 is 1.20 bits per heavy atom. The number of nitrogens with zero attached hydrogens (tertiary/aromatic N) is 1. The monoisotopic (exact) mass is 378 g/mol. The number of rotatable bonds is 4. The second-order valence-corrected chi connectivity index (χ2v) is 8.43. The number of benzene rings is 2. The predicted molar refractivity (Wildman–Crippen MR) is 99.6 cm³/mol. The van der Waals surface area contributed by atoms with Gasteiger partial charge in [0.15, 0.2) is 0 Å². The Hall–Kier alpha value is -2.05. The van der Waals surface area contributed by atoms with Crippen molar-refractivity contribution in [2.45, 2.75) is 19.4 Å². The fraction of sp³-hybridized carbons (Fsp3) is 0.278. The molecule has 5 nitrogen and oxygen atoms in total. The summed E-state index contributed by atoms with van der Waals surface area (Å²) in [6.07, 6.45) is 2.71. The zero-order chi connectivity index (χ0) is 18.0. The first-order chi connectivity index (χ1) is 11.8. The second kappa shape index (κ2) is 7.06. The van der Waals surface area contributed by atoms with Crippen LogP contribution < -0.4 is 9.62 Å². The SMILES string of the molecule is CS(=O)(=O)N1CCCc2cc(C(=O)NCc3ccc(Cl)cc3)ccc21. The van der Waals surface area contributed by atoms with E-state index in [1.54, 1.807) is 30.3 Å². The van der Waals surface area contributed by atoms with Crippen molar-refractivity contribution in [3.63, 3.8) is 0 Å². The first-order valence-electron chi connectivity index (χ1n) is 7.98. The highest BCUT2D eigenvalue weighted by molar-refractivity contribution is 7.92. The van der Waals surface area contributed by atoms with Gasteiger partial charge in [-0.25, -0.2) is 8.42 Å². The summed E-state index contributed by atoms with van der Waals surface area (Å²) in [5, 5.41) is 3.52. The van der Waals surface area contributed by atoms with Crippen molar-refractivity contribution >= 4 is 33.2 Å². The molecule has 0 bridgehead atoms. The van der Waals surface area contributed by atoms with Crippen LogP contribution in [0.4, 0.5) is 5.69 Å². The predicted octanol–water partition coefficient (Wildman–Crippen LogP) is 2.98. The van der Waals surface area contributed by atoms with E-state index in [1.807, 2.05) is 12.1 Å². The van der Waals surface area contributed by atoms with E-state index in [4.69, 9.17) is 11.6 Å². The van der Waals surface area contributed by atoms with Crippen molar-refractivity contribution < 1.29 is 13.2 Å². The third kappa shape index (κ3) is 4.14. The number of nitrogens with one attached hydrogen (secondary N) is 1. The fourth-order valence-corrected chi connectivity index (χ4v) is 4.06. The van der Waals surface area contributed by atoms with Gasteiger partial charge in [0.05, 0.1) is 11.9 Å². The van der Waals surface area contributed by atoms with Gasteiger partial charge in [-0.3, -0.25) is 9.10 Å². The van der Waals surface area contributed by atoms with Crippen LogP contribution in [0.1, 0.15) is 27.9 Å². The number of anilines is 1. The van der Waals surface area contributed by atoms with Crippen LogP contribution in [0.2, 0.25) is 5.02 Å². The highest BCUT2D eigenvalue weighted by atomic mass is 35.5. The smallest absolute Gasteiger partial charge is 0.251 e. The largest absolute Gasteiger partial charge is 0.348 e. The molecule has 3 rings (SSSR count). The van der Waals surface area contributed by atoms with Gasteiger partial charge in [-0.1, -0.05) is 23.7 Å². The van der Waals surface area contributed by atoms with Crippen LogP contribution in [0.3, 0.4) is 0 Å². The minimum atomic E-state index is -3.30. The van der Waals surface area contributed by atoms with Gasteiger partial charge < -0.3 is 5.32 Å². The molecule has 0 fully saturated rings. The normalized spacial score (nSPS) is 14.1. The van der Waals surface area contributed by atoms with Crippen LogP contribution >= 0.6 is 11.6 Å². The molecule has 0 aliphatic carbocycles. The number of aryl methyl sites for hydroxylation is 1. The summed E-state index contributed by atoms with van der Waals surface area (Å²) in [4.78, 5) is 12.4. The highest BCUT2D eigenvalue weighted by Gasteiger charge is 2.24. The van der Waals surface area contributed by atoms with Crippen LogP contribution in [0.25, 0.3) is 0 Å². The van der Waals surface area contributed by atoms with E-state index in [1.165, 1.54) is 10.6 Å². The number of carbonyl (C=O) groups excluding carboxylic acids is 1. The number of halogens is 1. The molecule has 1 N–H and O–H groups in total. The van der Waals surface area contributed by atoms with Crippen molar-refractivity contribution in [3.8, 4) is 0 Å². The fourth-order valence-electron chi connectivity index (χ4n) is 2.93. The molecule has 0 spiro atoms. The van der Waals surface area contributed by atoms with Crippen LogP contribution in [0.15, 0.2) is 42.5 Å². The minimum absolute atomic E-state index is 0.186. The zero-order valence-electron chi connectivity index (χ0n) is 13.8. The van der Waals surface area contributed by atoms with Gasteiger partial charge in [0.1, 0.15) is 0 Å². The molecule has 132 valence electrons. The summed E-state index contributed by atoms with van der Waals surface area (Å²) in [6.45, 7) is 0.885. The van der Waals surface area contributed by atoms with Crippen molar-refractivity contribution in [2.75, 3.05) is 17.1 Å². The Bertz CT molecular complexity index is 895. The maximum atomic E-state index is 12.4. The van der Waals surface area contributed by atoms with E-state index in [0.29, 0.717) is 29.4 Å². The van der Waals surface area contributed by atoms with Gasteiger partial charge in [-0.05, 0) is 54.3 Å². The topological polar surface area (TPSA) is 66.5 Å². The zero-order valence-corrected chi connectivity index (χ0v) is 15.4. The van der Waals surface area contributed by atoms with E-state index >= 15 is 0 Å². The Morgan fingerprint density at radius 3 is 2.60 bits per heavy atom. The lowest BCUT2D eigenvalue weighted by Gasteiger charge is -2.29. The molecule has 25 heavy (non-hydrogen) atoms. The maximum absolute atomic E-state index is 12.4. The Balaban J connectivity index is 1.75. The molecule has 2 aromatic rings. The van der Waals surface area contributed by atoms with Gasteiger partial charge in [-0.2, -0.15) is 0 Å². The lowest BCUT2D eigenvalue weighted by molar-refractivity contribution is 0.0951. The number of fused-ring (bicyclic) bond motifs is 1. The lowest BCUT2D eigenvalue weighted by Crippen LogP contribution is -2.34. The van der Waals surface area contributed by atoms with E-state index < -0.39 is 10.0 Å². The molecule has 0 aromatic heterocycles. The van der Waals surface area contributed by atoms with Crippen molar-refractivity contribution in [2.24, 2.45) is 0 Å². The molecule has 0 unspecified atom stereocenters. The lowest BCUT2D eigenvalue weighted by atomic mass is 10.0. The summed E-state index contributed by atoms with van der Waals surface area (Å²) in [7, 11) is -3.30. The summed E-state index contributed by atoms with van der Waals surface area (Å²) < 4.78 is 25.2. The Labute approximate surface area is 152 Å².